The number of Topliss-reactive ketones (excluding diaryl/α,β-unsaturated/α-hetero) is 1. The number of rotatable bonds is 6. The SMILES string of the molecule is CCOC(=O)c1ccc(C(Br)C(C)=O)c(OCC)c1. The Bertz CT molecular complexity index is 471. The minimum absolute atomic E-state index is 0.0233. The van der Waals surface area contributed by atoms with E-state index in [9.17, 15) is 9.59 Å². The van der Waals surface area contributed by atoms with Crippen LogP contribution in [-0.4, -0.2) is 25.0 Å². The van der Waals surface area contributed by atoms with Gasteiger partial charge in [-0.2, -0.15) is 0 Å². The molecule has 0 aromatic heterocycles. The van der Waals surface area contributed by atoms with E-state index in [-0.39, 0.29) is 5.78 Å². The monoisotopic (exact) mass is 328 g/mol. The van der Waals surface area contributed by atoms with Gasteiger partial charge in [-0.3, -0.25) is 4.79 Å². The minimum atomic E-state index is -0.440. The number of carbonyl (C=O) groups excluding carboxylic acids is 2. The summed E-state index contributed by atoms with van der Waals surface area (Å²) in [6, 6.07) is 4.94. The minimum Gasteiger partial charge on any atom is -0.494 e. The first-order chi connectivity index (χ1) is 9.01. The second kappa shape index (κ2) is 7.28. The number of ether oxygens (including phenoxy) is 2. The van der Waals surface area contributed by atoms with E-state index in [2.05, 4.69) is 15.9 Å². The zero-order valence-electron chi connectivity index (χ0n) is 11.2. The molecule has 0 saturated heterocycles. The summed E-state index contributed by atoms with van der Waals surface area (Å²) < 4.78 is 10.4. The van der Waals surface area contributed by atoms with Gasteiger partial charge in [0.2, 0.25) is 0 Å². The average Bonchev–Trinajstić information content (AvgIpc) is 2.38. The summed E-state index contributed by atoms with van der Waals surface area (Å²) >= 11 is 3.32. The fourth-order valence-corrected chi connectivity index (χ4v) is 1.96. The molecule has 1 atom stereocenters. The number of hydrogen-bond acceptors (Lipinski definition) is 4. The molecule has 0 aliphatic rings. The molecule has 1 aromatic carbocycles. The fraction of sp³-hybridized carbons (Fsp3) is 0.429. The van der Waals surface area contributed by atoms with Gasteiger partial charge in [0.15, 0.2) is 0 Å². The van der Waals surface area contributed by atoms with Gasteiger partial charge >= 0.3 is 5.97 Å². The molecule has 104 valence electrons. The molecule has 0 N–H and O–H groups in total. The van der Waals surface area contributed by atoms with Crippen molar-refractivity contribution in [3.8, 4) is 5.75 Å². The Morgan fingerprint density at radius 1 is 1.26 bits per heavy atom. The highest BCUT2D eigenvalue weighted by Gasteiger charge is 2.19. The molecule has 5 heteroatoms. The first kappa shape index (κ1) is 15.7. The van der Waals surface area contributed by atoms with Crippen molar-refractivity contribution in [2.75, 3.05) is 13.2 Å². The molecule has 0 fully saturated rings. The van der Waals surface area contributed by atoms with Crippen molar-refractivity contribution in [1.29, 1.82) is 0 Å². The largest absolute Gasteiger partial charge is 0.494 e. The van der Waals surface area contributed by atoms with Crippen LogP contribution in [0, 0.1) is 0 Å². The van der Waals surface area contributed by atoms with E-state index < -0.39 is 10.8 Å². The van der Waals surface area contributed by atoms with E-state index in [1.807, 2.05) is 6.92 Å². The number of esters is 1. The second-order valence-corrected chi connectivity index (χ2v) is 4.79. The molecule has 0 heterocycles. The number of halogens is 1. The molecule has 0 saturated carbocycles. The van der Waals surface area contributed by atoms with Crippen molar-refractivity contribution in [2.45, 2.75) is 25.6 Å². The number of hydrogen-bond donors (Lipinski definition) is 0. The molecule has 0 amide bonds. The van der Waals surface area contributed by atoms with E-state index in [1.54, 1.807) is 25.1 Å². The zero-order valence-corrected chi connectivity index (χ0v) is 12.8. The Kier molecular flexibility index (Phi) is 6.02. The number of benzene rings is 1. The van der Waals surface area contributed by atoms with Gasteiger partial charge in [0.1, 0.15) is 16.4 Å². The summed E-state index contributed by atoms with van der Waals surface area (Å²) in [6.07, 6.45) is 0. The molecule has 1 unspecified atom stereocenters. The predicted octanol–water partition coefficient (Wildman–Crippen LogP) is 3.29. The van der Waals surface area contributed by atoms with E-state index in [4.69, 9.17) is 9.47 Å². The van der Waals surface area contributed by atoms with Crippen molar-refractivity contribution in [2.24, 2.45) is 0 Å². The lowest BCUT2D eigenvalue weighted by molar-refractivity contribution is -0.116. The average molecular weight is 329 g/mol. The van der Waals surface area contributed by atoms with Gasteiger partial charge in [-0.15, -0.1) is 0 Å². The highest BCUT2D eigenvalue weighted by Crippen LogP contribution is 2.33. The molecule has 4 nitrogen and oxygen atoms in total. The van der Waals surface area contributed by atoms with Crippen molar-refractivity contribution >= 4 is 27.7 Å². The maximum absolute atomic E-state index is 11.7. The first-order valence-electron chi connectivity index (χ1n) is 6.09. The van der Waals surface area contributed by atoms with Gasteiger partial charge in [0.25, 0.3) is 0 Å². The molecule has 0 bridgehead atoms. The Balaban J connectivity index is 3.14. The summed E-state index contributed by atoms with van der Waals surface area (Å²) in [6.45, 7) is 5.86. The highest BCUT2D eigenvalue weighted by atomic mass is 79.9. The van der Waals surface area contributed by atoms with Crippen LogP contribution < -0.4 is 4.74 Å². The van der Waals surface area contributed by atoms with E-state index in [0.29, 0.717) is 30.1 Å². The molecule has 0 aliphatic heterocycles. The van der Waals surface area contributed by atoms with E-state index >= 15 is 0 Å². The third kappa shape index (κ3) is 4.06. The summed E-state index contributed by atoms with van der Waals surface area (Å²) in [5.41, 5.74) is 1.12. The molecular formula is C14H17BrO4. The van der Waals surface area contributed by atoms with Crippen LogP contribution >= 0.6 is 15.9 Å². The van der Waals surface area contributed by atoms with Crippen molar-refractivity contribution in [1.82, 2.24) is 0 Å². The van der Waals surface area contributed by atoms with Crippen LogP contribution in [0.3, 0.4) is 0 Å². The normalized spacial score (nSPS) is 11.8. The Labute approximate surface area is 121 Å². The lowest BCUT2D eigenvalue weighted by Gasteiger charge is -2.14. The molecule has 0 radical (unpaired) electrons. The standard InChI is InChI=1S/C14H17BrO4/c1-4-18-12-8-10(14(17)19-5-2)6-7-11(12)13(15)9(3)16/h6-8,13H,4-5H2,1-3H3. The topological polar surface area (TPSA) is 52.6 Å². The van der Waals surface area contributed by atoms with Gasteiger partial charge < -0.3 is 9.47 Å². The first-order valence-corrected chi connectivity index (χ1v) is 7.01. The van der Waals surface area contributed by atoms with Crippen molar-refractivity contribution in [3.63, 3.8) is 0 Å². The summed E-state index contributed by atoms with van der Waals surface area (Å²) in [7, 11) is 0. The second-order valence-electron chi connectivity index (χ2n) is 3.88. The quantitative estimate of drug-likeness (QED) is 0.594. The van der Waals surface area contributed by atoms with Gasteiger partial charge in [0.05, 0.1) is 18.8 Å². The summed E-state index contributed by atoms with van der Waals surface area (Å²) in [5, 5.41) is 0. The van der Waals surface area contributed by atoms with Crippen LogP contribution in [0.5, 0.6) is 5.75 Å². The summed E-state index contributed by atoms with van der Waals surface area (Å²) in [5.74, 6) is 0.0962. The molecule has 0 spiro atoms. The fourth-order valence-electron chi connectivity index (χ4n) is 1.58. The van der Waals surface area contributed by atoms with Crippen LogP contribution in [0.4, 0.5) is 0 Å². The lowest BCUT2D eigenvalue weighted by Crippen LogP contribution is -2.08. The lowest BCUT2D eigenvalue weighted by atomic mass is 10.1. The van der Waals surface area contributed by atoms with Crippen LogP contribution in [0.25, 0.3) is 0 Å². The van der Waals surface area contributed by atoms with Crippen molar-refractivity contribution < 1.29 is 19.1 Å². The molecule has 0 aliphatic carbocycles. The molecule has 1 rings (SSSR count). The molecule has 19 heavy (non-hydrogen) atoms. The van der Waals surface area contributed by atoms with Gasteiger partial charge in [0, 0.05) is 5.56 Å². The summed E-state index contributed by atoms with van der Waals surface area (Å²) in [4.78, 5) is 22.6. The maximum Gasteiger partial charge on any atom is 0.338 e. The van der Waals surface area contributed by atoms with Gasteiger partial charge in [-0.25, -0.2) is 4.79 Å². The third-order valence-electron chi connectivity index (χ3n) is 2.45. The van der Waals surface area contributed by atoms with Crippen LogP contribution in [0.15, 0.2) is 18.2 Å². The Morgan fingerprint density at radius 3 is 2.47 bits per heavy atom. The Hall–Kier alpha value is -1.36. The van der Waals surface area contributed by atoms with Crippen molar-refractivity contribution in [3.05, 3.63) is 29.3 Å². The molecule has 1 aromatic rings. The van der Waals surface area contributed by atoms with Gasteiger partial charge in [-0.05, 0) is 32.9 Å². The maximum atomic E-state index is 11.7. The predicted molar refractivity (Wildman–Crippen MR) is 75.9 cm³/mol. The van der Waals surface area contributed by atoms with Crippen LogP contribution in [0.1, 0.15) is 41.5 Å². The van der Waals surface area contributed by atoms with E-state index in [1.165, 1.54) is 6.92 Å². The number of alkyl halides is 1. The molecular weight excluding hydrogens is 312 g/mol. The van der Waals surface area contributed by atoms with Crippen LogP contribution in [-0.2, 0) is 9.53 Å². The van der Waals surface area contributed by atoms with Gasteiger partial charge in [-0.1, -0.05) is 22.0 Å². The zero-order chi connectivity index (χ0) is 14.4. The van der Waals surface area contributed by atoms with Crippen LogP contribution in [0.2, 0.25) is 0 Å². The third-order valence-corrected chi connectivity index (χ3v) is 3.59. The highest BCUT2D eigenvalue weighted by molar-refractivity contribution is 9.09. The smallest absolute Gasteiger partial charge is 0.338 e. The van der Waals surface area contributed by atoms with E-state index in [0.717, 1.165) is 0 Å². The number of carbonyl (C=O) groups is 2. The number of ketones is 1. The Morgan fingerprint density at radius 2 is 1.95 bits per heavy atom.